The van der Waals surface area contributed by atoms with E-state index in [0.29, 0.717) is 36.9 Å². The monoisotopic (exact) mass is 631 g/mol. The van der Waals surface area contributed by atoms with Crippen molar-refractivity contribution in [2.24, 2.45) is 0 Å². The highest BCUT2D eigenvalue weighted by Gasteiger charge is 2.35. The fourth-order valence-corrected chi connectivity index (χ4v) is 3.23. The van der Waals surface area contributed by atoms with E-state index in [4.69, 9.17) is 58.9 Å². The van der Waals surface area contributed by atoms with Gasteiger partial charge in [-0.05, 0) is 38.5 Å². The van der Waals surface area contributed by atoms with Crippen molar-refractivity contribution in [3.05, 3.63) is 0 Å². The number of unbranched alkanes of at least 4 members (excludes halogenated alkanes) is 6. The second kappa shape index (κ2) is 24.3. The summed E-state index contributed by atoms with van der Waals surface area (Å²) in [6.45, 7) is -0.332. The topological polar surface area (TPSA) is 147 Å². The molecule has 0 rings (SSSR count). The van der Waals surface area contributed by atoms with E-state index in [1.807, 2.05) is 0 Å². The summed E-state index contributed by atoms with van der Waals surface area (Å²) in [7, 11) is 0. The third-order valence-corrected chi connectivity index (χ3v) is 5.69. The highest BCUT2D eigenvalue weighted by molar-refractivity contribution is 6.18. The fourth-order valence-electron chi connectivity index (χ4n) is 2.66. The van der Waals surface area contributed by atoms with Gasteiger partial charge in [-0.3, -0.25) is 14.4 Å². The molecule has 0 aliphatic heterocycles. The molecule has 3 N–H and O–H groups in total. The van der Waals surface area contributed by atoms with Gasteiger partial charge in [0.05, 0.1) is 0 Å². The number of carbonyl (C=O) groups is 4. The molecule has 0 amide bonds. The van der Waals surface area contributed by atoms with Gasteiger partial charge in [0.2, 0.25) is 0 Å². The molecule has 0 unspecified atom stereocenters. The first-order valence-electron chi connectivity index (χ1n) is 12.6. The summed E-state index contributed by atoms with van der Waals surface area (Å²) in [6.07, 6.45) is 2.74. The van der Waals surface area contributed by atoms with Crippen molar-refractivity contribution in [1.82, 2.24) is 0 Å². The average molecular weight is 633 g/mol. The summed E-state index contributed by atoms with van der Waals surface area (Å²) in [5, 5.41) is 8.78. The Morgan fingerprint density at radius 1 is 0.590 bits per heavy atom. The zero-order valence-corrected chi connectivity index (χ0v) is 24.2. The first-order valence-corrected chi connectivity index (χ1v) is 14.2. The second-order valence-electron chi connectivity index (χ2n) is 8.77. The van der Waals surface area contributed by atoms with Crippen molar-refractivity contribution >= 4 is 58.7 Å². The number of halogens is 6. The molecule has 39 heavy (non-hydrogen) atoms. The maximum absolute atomic E-state index is 12.0. The van der Waals surface area contributed by atoms with Crippen molar-refractivity contribution in [3.63, 3.8) is 0 Å². The number of hydrogen-bond donors (Lipinski definition) is 1. The second-order valence-corrected chi connectivity index (χ2v) is 9.90. The summed E-state index contributed by atoms with van der Waals surface area (Å²) in [6, 6.07) is 0. The van der Waals surface area contributed by atoms with Gasteiger partial charge < -0.3 is 29.8 Å². The molecule has 0 saturated heterocycles. The van der Waals surface area contributed by atoms with Gasteiger partial charge in [-0.25, -0.2) is 0 Å². The largest absolute Gasteiger partial charge is 0.542 e. The number of alkyl halides is 6. The van der Waals surface area contributed by atoms with Crippen molar-refractivity contribution in [2.45, 2.75) is 88.8 Å². The number of carbonyl (C=O) groups excluding carboxylic acids is 4. The van der Waals surface area contributed by atoms with Crippen molar-refractivity contribution in [1.29, 1.82) is 0 Å². The molecule has 0 aromatic carbocycles. The summed E-state index contributed by atoms with van der Waals surface area (Å²) in [5.41, 5.74) is 2.96. The highest BCUT2D eigenvalue weighted by Crippen LogP contribution is 2.12. The lowest BCUT2D eigenvalue weighted by molar-refractivity contribution is -0.494. The molecule has 9 nitrogen and oxygen atoms in total. The average Bonchev–Trinajstić information content (AvgIpc) is 2.88. The van der Waals surface area contributed by atoms with Crippen LogP contribution in [0.4, 0.5) is 13.2 Å². The van der Waals surface area contributed by atoms with E-state index in [1.54, 1.807) is 0 Å². The van der Waals surface area contributed by atoms with Crippen molar-refractivity contribution in [2.75, 3.05) is 37.5 Å². The van der Waals surface area contributed by atoms with Gasteiger partial charge >= 0.3 is 24.1 Å². The number of ether oxygens (including phenoxy) is 3. The zero-order valence-electron chi connectivity index (χ0n) is 22.0. The molecule has 0 fully saturated rings. The van der Waals surface area contributed by atoms with Crippen LogP contribution in [0.15, 0.2) is 0 Å². The van der Waals surface area contributed by atoms with Crippen LogP contribution in [0.1, 0.15) is 77.0 Å². The van der Waals surface area contributed by atoms with E-state index >= 15 is 0 Å². The molecule has 0 aromatic heterocycles. The first kappa shape index (κ1) is 39.6. The summed E-state index contributed by atoms with van der Waals surface area (Å²) < 4.78 is 47.5. The van der Waals surface area contributed by atoms with E-state index < -0.39 is 17.7 Å². The Labute approximate surface area is 242 Å². The molecule has 0 aromatic rings. The third kappa shape index (κ3) is 26.5. The summed E-state index contributed by atoms with van der Waals surface area (Å²) in [4.78, 5) is 44.8. The predicted octanol–water partition coefficient (Wildman–Crippen LogP) is 3.29. The summed E-state index contributed by atoms with van der Waals surface area (Å²) in [5.74, 6) is -2.43. The van der Waals surface area contributed by atoms with Crippen LogP contribution >= 0.6 is 34.8 Å². The van der Waals surface area contributed by atoms with E-state index in [1.165, 1.54) is 0 Å². The van der Waals surface area contributed by atoms with Gasteiger partial charge in [-0.1, -0.05) is 19.3 Å². The highest BCUT2D eigenvalue weighted by atomic mass is 35.5. The molecule has 15 heteroatoms. The molecule has 230 valence electrons. The number of quaternary nitrogens is 1. The lowest BCUT2D eigenvalue weighted by Gasteiger charge is -2.24. The minimum Gasteiger partial charge on any atom is -0.542 e. The number of carboxylic acid groups (broad SMARTS) is 1. The number of carboxylic acids is 1. The third-order valence-electron chi connectivity index (χ3n) is 4.89. The Hall–Kier alpha value is -1.50. The van der Waals surface area contributed by atoms with Crippen LogP contribution in [0.3, 0.4) is 0 Å². The van der Waals surface area contributed by atoms with Crippen LogP contribution in [0.25, 0.3) is 0 Å². The minimum atomic E-state index is -5.19. The molecule has 0 bridgehead atoms. The van der Waals surface area contributed by atoms with Crippen molar-refractivity contribution < 1.29 is 57.4 Å². The molecule has 0 aliphatic carbocycles. The zero-order chi connectivity index (χ0) is 30.2. The Kier molecular flexibility index (Phi) is 24.7. The molecule has 0 aliphatic rings. The molecular formula is C24H39Cl3F3NO8. The van der Waals surface area contributed by atoms with Crippen molar-refractivity contribution in [3.8, 4) is 0 Å². The van der Waals surface area contributed by atoms with Gasteiger partial charge in [0.1, 0.15) is 5.97 Å². The minimum absolute atomic E-state index is 0.111. The molecule has 0 spiro atoms. The predicted molar refractivity (Wildman–Crippen MR) is 137 cm³/mol. The van der Waals surface area contributed by atoms with Gasteiger partial charge in [-0.15, -0.1) is 34.8 Å². The Balaban J connectivity index is 0. The first-order chi connectivity index (χ1) is 18.3. The van der Waals surface area contributed by atoms with Gasteiger partial charge in [-0.2, -0.15) is 13.2 Å². The van der Waals surface area contributed by atoms with Crippen LogP contribution in [0, 0.1) is 0 Å². The molecular weight excluding hydrogens is 594 g/mol. The van der Waals surface area contributed by atoms with Gasteiger partial charge in [0.15, 0.2) is 25.4 Å². The van der Waals surface area contributed by atoms with E-state index in [0.717, 1.165) is 38.5 Å². The Bertz CT molecular complexity index is 631. The van der Waals surface area contributed by atoms with Crippen LogP contribution in [-0.4, -0.2) is 73.1 Å². The van der Waals surface area contributed by atoms with E-state index in [2.05, 4.69) is 5.73 Å². The van der Waals surface area contributed by atoms with Gasteiger partial charge in [0.25, 0.3) is 0 Å². The molecule has 0 atom stereocenters. The number of esters is 3. The number of rotatable bonds is 21. The van der Waals surface area contributed by atoms with E-state index in [-0.39, 0.29) is 57.0 Å². The maximum Gasteiger partial charge on any atom is 0.430 e. The van der Waals surface area contributed by atoms with Crippen LogP contribution in [0.5, 0.6) is 0 Å². The quantitative estimate of drug-likeness (QED) is 0.0878. The van der Waals surface area contributed by atoms with Crippen LogP contribution < -0.4 is 10.8 Å². The Morgan fingerprint density at radius 3 is 1.05 bits per heavy atom. The summed E-state index contributed by atoms with van der Waals surface area (Å²) >= 11 is 16.9. The van der Waals surface area contributed by atoms with Crippen LogP contribution in [0.2, 0.25) is 0 Å². The Morgan fingerprint density at radius 2 is 0.846 bits per heavy atom. The van der Waals surface area contributed by atoms with Crippen LogP contribution in [-0.2, 0) is 33.4 Å². The number of hydrogen-bond acceptors (Lipinski definition) is 8. The maximum atomic E-state index is 12.0. The lowest BCUT2D eigenvalue weighted by atomic mass is 10.1. The smallest absolute Gasteiger partial charge is 0.430 e. The normalized spacial score (nSPS) is 11.3. The molecule has 0 saturated carbocycles. The molecule has 0 heterocycles. The SMILES string of the molecule is O=C([O-])C(F)(F)F.[NH3+]C(COC(=O)CCCCCCl)(COC(=O)CCCCCCl)COC(=O)CCCCCCl. The standard InChI is InChI=1S/C22H38Cl3NO6.C2HF3O2/c23-13-7-1-4-10-19(27)30-16-22(26,17-31-20(28)11-5-2-8-14-24)18-32-21(29)12-6-3-9-15-25;3-2(4,5)1(6)7/h1-18,26H2;(H,6,7). The fraction of sp³-hybridized carbons (Fsp3) is 0.833. The number of aliphatic carboxylic acids is 1. The molecule has 0 radical (unpaired) electrons. The lowest BCUT2D eigenvalue weighted by Crippen LogP contribution is -2.79. The van der Waals surface area contributed by atoms with E-state index in [9.17, 15) is 27.6 Å². The van der Waals surface area contributed by atoms with Gasteiger partial charge in [0, 0.05) is 36.9 Å².